The van der Waals surface area contributed by atoms with Crippen LogP contribution in [0.3, 0.4) is 0 Å². The first-order valence-electron chi connectivity index (χ1n) is 7.75. The summed E-state index contributed by atoms with van der Waals surface area (Å²) in [4.78, 5) is 36.0. The highest BCUT2D eigenvalue weighted by atomic mass is 16.5. The molecule has 1 aromatic rings. The molecular formula is C17H20N2O6. The number of benzene rings is 1. The van der Waals surface area contributed by atoms with Gasteiger partial charge in [0, 0.05) is 0 Å². The number of methoxy groups -OCH3 is 1. The largest absolute Gasteiger partial charge is 0.496 e. The van der Waals surface area contributed by atoms with Crippen LogP contribution in [0, 0.1) is 0 Å². The molecule has 0 aliphatic carbocycles. The van der Waals surface area contributed by atoms with Gasteiger partial charge in [-0.1, -0.05) is 12.1 Å². The number of urea groups is 1. The Balaban J connectivity index is 2.20. The van der Waals surface area contributed by atoms with Crippen LogP contribution in [0.2, 0.25) is 0 Å². The second-order valence-electron chi connectivity index (χ2n) is 5.21. The molecule has 134 valence electrons. The van der Waals surface area contributed by atoms with Crippen molar-refractivity contribution in [3.05, 3.63) is 41.1 Å². The van der Waals surface area contributed by atoms with Crippen LogP contribution in [-0.2, 0) is 14.3 Å². The number of ether oxygens (including phenoxy) is 3. The molecular weight excluding hydrogens is 328 g/mol. The molecule has 1 aliphatic heterocycles. The summed E-state index contributed by atoms with van der Waals surface area (Å²) in [6.07, 6.45) is 0. The third-order valence-corrected chi connectivity index (χ3v) is 3.54. The maximum atomic E-state index is 12.3. The minimum Gasteiger partial charge on any atom is -0.496 e. The second-order valence-corrected chi connectivity index (χ2v) is 5.21. The zero-order valence-corrected chi connectivity index (χ0v) is 14.3. The summed E-state index contributed by atoms with van der Waals surface area (Å²) in [5.41, 5.74) is 0.656. The lowest BCUT2D eigenvalue weighted by molar-refractivity contribution is -0.139. The summed E-state index contributed by atoms with van der Waals surface area (Å²) >= 11 is 0. The second kappa shape index (κ2) is 8.18. The Morgan fingerprint density at radius 3 is 2.56 bits per heavy atom. The lowest BCUT2D eigenvalue weighted by atomic mass is 10.0. The van der Waals surface area contributed by atoms with Gasteiger partial charge in [-0.2, -0.15) is 0 Å². The molecule has 0 bridgehead atoms. The van der Waals surface area contributed by atoms with Crippen molar-refractivity contribution in [3.63, 3.8) is 0 Å². The van der Waals surface area contributed by atoms with Crippen LogP contribution >= 0.6 is 0 Å². The summed E-state index contributed by atoms with van der Waals surface area (Å²) < 4.78 is 15.4. The van der Waals surface area contributed by atoms with Crippen molar-refractivity contribution >= 4 is 18.0 Å². The van der Waals surface area contributed by atoms with Crippen molar-refractivity contribution in [2.75, 3.05) is 20.3 Å². The topological polar surface area (TPSA) is 103 Å². The molecule has 8 nitrogen and oxygen atoms in total. The van der Waals surface area contributed by atoms with Crippen LogP contribution in [0.15, 0.2) is 35.5 Å². The summed E-state index contributed by atoms with van der Waals surface area (Å²) in [6, 6.07) is 5.55. The van der Waals surface area contributed by atoms with Gasteiger partial charge in [0.15, 0.2) is 0 Å². The lowest BCUT2D eigenvalue weighted by Gasteiger charge is -2.26. The van der Waals surface area contributed by atoms with Gasteiger partial charge in [0.25, 0.3) is 0 Å². The van der Waals surface area contributed by atoms with Crippen LogP contribution in [0.4, 0.5) is 4.79 Å². The molecule has 0 fully saturated rings. The highest BCUT2D eigenvalue weighted by Crippen LogP contribution is 2.19. The highest BCUT2D eigenvalue weighted by Gasteiger charge is 2.30. The molecule has 2 N–H and O–H groups in total. The molecule has 0 aromatic heterocycles. The van der Waals surface area contributed by atoms with Crippen molar-refractivity contribution in [3.8, 4) is 5.75 Å². The Morgan fingerprint density at radius 1 is 1.16 bits per heavy atom. The van der Waals surface area contributed by atoms with E-state index in [1.165, 1.54) is 7.11 Å². The van der Waals surface area contributed by atoms with Crippen LogP contribution in [0.1, 0.15) is 24.2 Å². The first-order chi connectivity index (χ1) is 12.0. The minimum absolute atomic E-state index is 0.192. The summed E-state index contributed by atoms with van der Waals surface area (Å²) in [5.74, 6) is -0.839. The molecule has 0 spiro atoms. The average Bonchev–Trinajstić information content (AvgIpc) is 2.59. The van der Waals surface area contributed by atoms with Crippen molar-refractivity contribution in [2.45, 2.75) is 19.9 Å². The zero-order chi connectivity index (χ0) is 18.4. The van der Waals surface area contributed by atoms with Crippen LogP contribution in [-0.4, -0.2) is 44.3 Å². The van der Waals surface area contributed by atoms with Gasteiger partial charge in [-0.05, 0) is 26.0 Å². The molecule has 0 saturated heterocycles. The predicted molar refractivity (Wildman–Crippen MR) is 88.1 cm³/mol. The fraction of sp³-hybridized carbons (Fsp3) is 0.353. The first kappa shape index (κ1) is 18.3. The molecule has 1 heterocycles. The molecule has 1 aliphatic rings. The third-order valence-electron chi connectivity index (χ3n) is 3.54. The number of hydrogen-bond donors (Lipinski definition) is 2. The number of hydrogen-bond acceptors (Lipinski definition) is 6. The van der Waals surface area contributed by atoms with E-state index in [1.54, 1.807) is 38.1 Å². The average molecular weight is 348 g/mol. The Labute approximate surface area is 145 Å². The number of nitrogens with one attached hydrogen (secondary N) is 2. The Bertz CT molecular complexity index is 713. The van der Waals surface area contributed by atoms with Gasteiger partial charge < -0.3 is 24.8 Å². The van der Waals surface area contributed by atoms with Crippen molar-refractivity contribution in [1.29, 1.82) is 0 Å². The van der Waals surface area contributed by atoms with Crippen molar-refractivity contribution < 1.29 is 28.6 Å². The van der Waals surface area contributed by atoms with Gasteiger partial charge in [0.1, 0.15) is 17.9 Å². The zero-order valence-electron chi connectivity index (χ0n) is 14.3. The molecule has 25 heavy (non-hydrogen) atoms. The van der Waals surface area contributed by atoms with Gasteiger partial charge >= 0.3 is 18.0 Å². The number of amides is 2. The lowest BCUT2D eigenvalue weighted by Crippen LogP contribution is -2.50. The van der Waals surface area contributed by atoms with Gasteiger partial charge in [0.2, 0.25) is 0 Å². The standard InChI is InChI=1S/C17H20N2O6/c1-4-24-16(21)14-10(2)18-17(22)19-12(14)9-25-15(20)11-7-5-6-8-13(11)23-3/h5-8,10H,4,9H2,1-3H3,(H2,18,19,22). The third kappa shape index (κ3) is 4.28. The quantitative estimate of drug-likeness (QED) is 0.753. The minimum atomic E-state index is -0.631. The summed E-state index contributed by atoms with van der Waals surface area (Å²) in [5, 5.41) is 5.06. The summed E-state index contributed by atoms with van der Waals surface area (Å²) in [7, 11) is 1.45. The van der Waals surface area contributed by atoms with Gasteiger partial charge in [-0.15, -0.1) is 0 Å². The van der Waals surface area contributed by atoms with Crippen LogP contribution in [0.5, 0.6) is 5.75 Å². The molecule has 2 amide bonds. The highest BCUT2D eigenvalue weighted by molar-refractivity contribution is 5.95. The normalized spacial score (nSPS) is 16.6. The number of carbonyl (C=O) groups excluding carboxylic acids is 3. The van der Waals surface area contributed by atoms with Gasteiger partial charge in [-0.3, -0.25) is 0 Å². The smallest absolute Gasteiger partial charge is 0.342 e. The van der Waals surface area contributed by atoms with E-state index >= 15 is 0 Å². The number of rotatable bonds is 6. The van der Waals surface area contributed by atoms with E-state index < -0.39 is 24.0 Å². The first-order valence-corrected chi connectivity index (χ1v) is 7.75. The monoisotopic (exact) mass is 348 g/mol. The Hall–Kier alpha value is -3.03. The fourth-order valence-electron chi connectivity index (χ4n) is 2.42. The molecule has 2 rings (SSSR count). The molecule has 1 atom stereocenters. The Morgan fingerprint density at radius 2 is 1.88 bits per heavy atom. The molecule has 0 saturated carbocycles. The SMILES string of the molecule is CCOC(=O)C1=C(COC(=O)c2ccccc2OC)NC(=O)NC1C. The fourth-order valence-corrected chi connectivity index (χ4v) is 2.42. The maximum Gasteiger partial charge on any atom is 0.342 e. The van der Waals surface area contributed by atoms with E-state index in [9.17, 15) is 14.4 Å². The maximum absolute atomic E-state index is 12.3. The molecule has 1 unspecified atom stereocenters. The van der Waals surface area contributed by atoms with Gasteiger partial charge in [0.05, 0.1) is 31.0 Å². The van der Waals surface area contributed by atoms with E-state index in [2.05, 4.69) is 10.6 Å². The van der Waals surface area contributed by atoms with Crippen molar-refractivity contribution in [2.24, 2.45) is 0 Å². The molecule has 8 heteroatoms. The van der Waals surface area contributed by atoms with E-state index in [-0.39, 0.29) is 30.0 Å². The van der Waals surface area contributed by atoms with E-state index in [1.807, 2.05) is 0 Å². The number of para-hydroxylation sites is 1. The van der Waals surface area contributed by atoms with E-state index in [0.29, 0.717) is 5.75 Å². The Kier molecular flexibility index (Phi) is 5.99. The van der Waals surface area contributed by atoms with Crippen LogP contribution in [0.25, 0.3) is 0 Å². The van der Waals surface area contributed by atoms with Crippen LogP contribution < -0.4 is 15.4 Å². The van der Waals surface area contributed by atoms with Crippen molar-refractivity contribution in [1.82, 2.24) is 10.6 Å². The summed E-state index contributed by atoms with van der Waals surface area (Å²) in [6.45, 7) is 3.24. The van der Waals surface area contributed by atoms with E-state index in [0.717, 1.165) is 0 Å². The van der Waals surface area contributed by atoms with Gasteiger partial charge in [-0.25, -0.2) is 14.4 Å². The molecule has 1 aromatic carbocycles. The number of carbonyl (C=O) groups is 3. The van der Waals surface area contributed by atoms with E-state index in [4.69, 9.17) is 14.2 Å². The predicted octanol–water partition coefficient (Wildman–Crippen LogP) is 1.37. The number of esters is 2. The molecule has 0 radical (unpaired) electrons.